The van der Waals surface area contributed by atoms with Crippen molar-refractivity contribution in [3.63, 3.8) is 0 Å². The Morgan fingerprint density at radius 1 is 0.543 bits per heavy atom. The Bertz CT molecular complexity index is 4080. The molecule has 6 heteroatoms. The largest absolute Gasteiger partial charge is 0.510 e. The quantitative estimate of drug-likeness (QED) is 0.127. The third-order valence-electron chi connectivity index (χ3n) is 13.5. The molecular weight excluding hydrogens is 1040 g/mol. The number of para-hydroxylation sites is 2. The second-order valence-corrected chi connectivity index (χ2v) is 20.0. The first-order valence-electron chi connectivity index (χ1n) is 26.4. The molecule has 0 saturated heterocycles. The van der Waals surface area contributed by atoms with Crippen molar-refractivity contribution in [1.82, 2.24) is 14.1 Å². The van der Waals surface area contributed by atoms with Crippen molar-refractivity contribution in [2.24, 2.45) is 0 Å². The molecule has 0 atom stereocenters. The van der Waals surface area contributed by atoms with E-state index in [2.05, 4.69) is 137 Å². The maximum absolute atomic E-state index is 8.81. The summed E-state index contributed by atoms with van der Waals surface area (Å²) < 4.78 is 65.7. The topological polar surface area (TPSA) is 35.9 Å². The number of fused-ring (bicyclic) bond motifs is 10. The molecule has 0 N–H and O–H groups in total. The van der Waals surface area contributed by atoms with Crippen molar-refractivity contribution in [2.45, 2.75) is 66.1 Å². The van der Waals surface area contributed by atoms with Gasteiger partial charge in [-0.25, -0.2) is 4.98 Å². The maximum Gasteiger partial charge on any atom is 0.268 e. The first-order valence-corrected chi connectivity index (χ1v) is 23.4. The molecule has 0 saturated carbocycles. The van der Waals surface area contributed by atoms with Gasteiger partial charge in [-0.3, -0.25) is 4.57 Å². The van der Waals surface area contributed by atoms with Crippen molar-refractivity contribution in [3.8, 4) is 73.2 Å². The Hall–Kier alpha value is -7.33. The SMILES string of the molecule is [2H]C([2H])([2H])c1cccc(C([2H])([2H])[2H])c1-c1cccc2c1-[n+]1[c-]n(-c3[c-]c(Oc4[c-]c5c(cc4)c4ccccc4n5-c4cc(C(C)(C)C)ccn4)ccc3)c3cc(C(C)(C)C)cc(c31)-c1ccccc1-c1ccccc1-2.[Pt]. The first kappa shape index (κ1) is 38.5. The predicted molar refractivity (Wildman–Crippen MR) is 282 cm³/mol. The van der Waals surface area contributed by atoms with Crippen LogP contribution in [-0.4, -0.2) is 14.1 Å². The van der Waals surface area contributed by atoms with E-state index in [0.717, 1.165) is 77.6 Å². The molecule has 0 amide bonds. The summed E-state index contributed by atoms with van der Waals surface area (Å²) in [4.78, 5) is 4.87. The van der Waals surface area contributed by atoms with Crippen LogP contribution in [0.5, 0.6) is 11.5 Å². The summed E-state index contributed by atoms with van der Waals surface area (Å²) in [5, 5.41) is 2.10. The fourth-order valence-electron chi connectivity index (χ4n) is 10.1. The molecule has 4 heterocycles. The average Bonchev–Trinajstić information content (AvgIpc) is 3.96. The van der Waals surface area contributed by atoms with Crippen molar-refractivity contribution in [3.05, 3.63) is 211 Å². The van der Waals surface area contributed by atoms with Gasteiger partial charge in [0.1, 0.15) is 5.82 Å². The molecule has 346 valence electrons. The van der Waals surface area contributed by atoms with Gasteiger partial charge in [-0.15, -0.1) is 29.7 Å². The summed E-state index contributed by atoms with van der Waals surface area (Å²) in [7, 11) is 0. The van der Waals surface area contributed by atoms with Gasteiger partial charge in [0, 0.05) is 52.5 Å². The van der Waals surface area contributed by atoms with Crippen LogP contribution in [0.15, 0.2) is 170 Å². The van der Waals surface area contributed by atoms with Gasteiger partial charge in [-0.2, -0.15) is 18.2 Å². The van der Waals surface area contributed by atoms with Gasteiger partial charge in [0.2, 0.25) is 0 Å². The summed E-state index contributed by atoms with van der Waals surface area (Å²) >= 11 is 0. The molecule has 0 aliphatic carbocycles. The zero-order valence-electron chi connectivity index (χ0n) is 45.7. The summed E-state index contributed by atoms with van der Waals surface area (Å²) in [5.41, 5.74) is 12.5. The number of nitrogens with zero attached hydrogens (tertiary/aromatic N) is 4. The second kappa shape index (κ2) is 17.0. The Morgan fingerprint density at radius 3 is 1.87 bits per heavy atom. The molecule has 1 aliphatic heterocycles. The molecule has 3 aromatic heterocycles. The number of benzene rings is 8. The molecule has 5 nitrogen and oxygen atoms in total. The zero-order valence-corrected chi connectivity index (χ0v) is 42.0. The normalized spacial score (nSPS) is 13.8. The van der Waals surface area contributed by atoms with Crippen LogP contribution < -0.4 is 9.30 Å². The standard InChI is InChI=1S/C64H52N4O.Pt/c1-40-18-15-19-41(2)60(40)54-28-17-27-53-49-24-11-9-22-47(49)48-23-10-12-25-50(48)55-34-43(64(6,7)8)35-58-62(55)67(61(53)54)39-66(58)44-20-16-21-45(37-44)69-46-30-31-52-51-26-13-14-29-56(51)68(57(52)38-46)59-36-42(32-33-65-59)63(3,4)5;/h9-36H,1-8H3;/q-2;/i1D3,2D3;. The molecular formula is C64H52N4OPt-2. The van der Waals surface area contributed by atoms with Crippen molar-refractivity contribution < 1.29 is 38.6 Å². The van der Waals surface area contributed by atoms with E-state index in [9.17, 15) is 0 Å². The molecule has 0 radical (unpaired) electrons. The van der Waals surface area contributed by atoms with E-state index in [0.29, 0.717) is 28.4 Å². The molecule has 1 aliphatic rings. The van der Waals surface area contributed by atoms with E-state index >= 15 is 0 Å². The van der Waals surface area contributed by atoms with Crippen LogP contribution in [0.4, 0.5) is 0 Å². The van der Waals surface area contributed by atoms with Gasteiger partial charge in [-0.1, -0.05) is 156 Å². The van der Waals surface area contributed by atoms with Crippen molar-refractivity contribution in [1.29, 1.82) is 0 Å². The Kier molecular flexibility index (Phi) is 9.33. The first-order chi connectivity index (χ1) is 35.7. The maximum atomic E-state index is 8.81. The van der Waals surface area contributed by atoms with Crippen LogP contribution in [0.1, 0.15) is 72.0 Å². The van der Waals surface area contributed by atoms with Gasteiger partial charge >= 0.3 is 0 Å². The van der Waals surface area contributed by atoms with E-state index < -0.39 is 13.7 Å². The van der Waals surface area contributed by atoms with Crippen LogP contribution in [0.3, 0.4) is 0 Å². The van der Waals surface area contributed by atoms with Crippen molar-refractivity contribution >= 4 is 32.8 Å². The fraction of sp³-hybridized carbons (Fsp3) is 0.156. The third-order valence-corrected chi connectivity index (χ3v) is 13.5. The van der Waals surface area contributed by atoms with Gasteiger partial charge in [0.15, 0.2) is 0 Å². The Balaban J connectivity index is 0.00000616. The number of imidazole rings is 1. The van der Waals surface area contributed by atoms with E-state index in [1.165, 1.54) is 23.8 Å². The van der Waals surface area contributed by atoms with Crippen molar-refractivity contribution in [2.75, 3.05) is 0 Å². The van der Waals surface area contributed by atoms with E-state index in [-0.39, 0.29) is 48.6 Å². The van der Waals surface area contributed by atoms with Gasteiger partial charge in [-0.05, 0) is 127 Å². The van der Waals surface area contributed by atoms with Crippen LogP contribution in [0.2, 0.25) is 0 Å². The van der Waals surface area contributed by atoms with Gasteiger partial charge in [0.25, 0.3) is 6.33 Å². The number of pyridine rings is 1. The summed E-state index contributed by atoms with van der Waals surface area (Å²) in [5.74, 6) is 1.73. The number of rotatable bonds is 5. The Labute approximate surface area is 433 Å². The summed E-state index contributed by atoms with van der Waals surface area (Å²) in [6.07, 6.45) is 5.65. The predicted octanol–water partition coefficient (Wildman–Crippen LogP) is 15.8. The third kappa shape index (κ3) is 7.42. The Morgan fingerprint density at radius 2 is 1.16 bits per heavy atom. The minimum Gasteiger partial charge on any atom is -0.510 e. The number of hydrogen-bond acceptors (Lipinski definition) is 2. The molecule has 70 heavy (non-hydrogen) atoms. The van der Waals surface area contributed by atoms with Gasteiger partial charge < -0.3 is 13.9 Å². The monoisotopic (exact) mass is 1090 g/mol. The molecule has 11 aromatic rings. The molecule has 0 fully saturated rings. The molecule has 0 bridgehead atoms. The minimum absolute atomic E-state index is 0. The van der Waals surface area contributed by atoms with Crippen LogP contribution >= 0.6 is 0 Å². The number of aryl methyl sites for hydroxylation is 2. The van der Waals surface area contributed by atoms with Gasteiger partial charge in [0.05, 0.1) is 16.7 Å². The van der Waals surface area contributed by atoms with E-state index in [1.807, 2.05) is 88.1 Å². The summed E-state index contributed by atoms with van der Waals surface area (Å²) in [6.45, 7) is 7.88. The number of aromatic nitrogens is 4. The minimum atomic E-state index is -2.65. The molecule has 0 unspecified atom stereocenters. The molecule has 12 rings (SSSR count). The van der Waals surface area contributed by atoms with E-state index in [1.54, 1.807) is 0 Å². The van der Waals surface area contributed by atoms with E-state index in [4.69, 9.17) is 17.9 Å². The second-order valence-electron chi connectivity index (χ2n) is 20.0. The molecule has 0 spiro atoms. The fourth-order valence-corrected chi connectivity index (χ4v) is 10.1. The average molecular weight is 1090 g/mol. The number of ether oxygens (including phenoxy) is 1. The smallest absolute Gasteiger partial charge is 0.268 e. The zero-order chi connectivity index (χ0) is 52.3. The number of hydrogen-bond donors (Lipinski definition) is 0. The molecule has 8 aromatic carbocycles. The summed E-state index contributed by atoms with van der Waals surface area (Å²) in [6, 6.07) is 60.8. The van der Waals surface area contributed by atoms with Crippen LogP contribution in [-0.2, 0) is 31.9 Å². The van der Waals surface area contributed by atoms with Crippen LogP contribution in [0, 0.1) is 32.2 Å². The van der Waals surface area contributed by atoms with Crippen LogP contribution in [0.25, 0.3) is 94.5 Å².